The van der Waals surface area contributed by atoms with E-state index in [1.165, 1.54) is 11.3 Å². The van der Waals surface area contributed by atoms with E-state index < -0.39 is 0 Å². The van der Waals surface area contributed by atoms with Crippen molar-refractivity contribution in [3.63, 3.8) is 0 Å². The van der Waals surface area contributed by atoms with E-state index in [1.807, 2.05) is 0 Å². The van der Waals surface area contributed by atoms with Gasteiger partial charge in [0.05, 0.1) is 5.69 Å². The quantitative estimate of drug-likeness (QED) is 0.842. The second kappa shape index (κ2) is 4.51. The Balaban J connectivity index is 2.31. The molecule has 1 aromatic rings. The Labute approximate surface area is 111 Å². The fraction of sp³-hybridized carbons (Fsp3) is 0.538. The standard InChI is InChI=1S/C13H16N4S/c1-13(2)3-5-17(6-4-13)12-9(7-14)11(16)10(8-15)18-12/h3-6,16H2,1-2H3. The van der Waals surface area contributed by atoms with Crippen LogP contribution in [0.5, 0.6) is 0 Å². The molecule has 94 valence electrons. The molecular formula is C13H16N4S. The summed E-state index contributed by atoms with van der Waals surface area (Å²) in [7, 11) is 0. The summed E-state index contributed by atoms with van der Waals surface area (Å²) in [5.74, 6) is 0. The van der Waals surface area contributed by atoms with E-state index in [4.69, 9.17) is 11.0 Å². The number of nitrogens with two attached hydrogens (primary N) is 1. The summed E-state index contributed by atoms with van der Waals surface area (Å²) >= 11 is 1.33. The van der Waals surface area contributed by atoms with Crippen molar-refractivity contribution < 1.29 is 0 Å². The minimum absolute atomic E-state index is 0.338. The Bertz CT molecular complexity index is 535. The van der Waals surface area contributed by atoms with Gasteiger partial charge in [0, 0.05) is 13.1 Å². The molecule has 0 unspecified atom stereocenters. The number of anilines is 2. The monoisotopic (exact) mass is 260 g/mol. The first-order chi connectivity index (χ1) is 8.48. The van der Waals surface area contributed by atoms with Gasteiger partial charge in [-0.3, -0.25) is 0 Å². The van der Waals surface area contributed by atoms with E-state index in [-0.39, 0.29) is 0 Å². The molecule has 2 N–H and O–H groups in total. The van der Waals surface area contributed by atoms with E-state index in [2.05, 4.69) is 30.9 Å². The van der Waals surface area contributed by atoms with Gasteiger partial charge in [-0.2, -0.15) is 10.5 Å². The van der Waals surface area contributed by atoms with Gasteiger partial charge in [0.1, 0.15) is 27.6 Å². The second-order valence-electron chi connectivity index (χ2n) is 5.40. The molecule has 1 aromatic heterocycles. The fourth-order valence-electron chi connectivity index (χ4n) is 2.16. The molecule has 2 rings (SSSR count). The molecule has 0 atom stereocenters. The van der Waals surface area contributed by atoms with Crippen molar-refractivity contribution in [2.24, 2.45) is 5.41 Å². The molecule has 0 bridgehead atoms. The van der Waals surface area contributed by atoms with Crippen molar-refractivity contribution in [2.75, 3.05) is 23.7 Å². The summed E-state index contributed by atoms with van der Waals surface area (Å²) in [6.45, 7) is 6.37. The molecule has 4 nitrogen and oxygen atoms in total. The topological polar surface area (TPSA) is 76.8 Å². The predicted molar refractivity (Wildman–Crippen MR) is 73.4 cm³/mol. The molecule has 0 spiro atoms. The van der Waals surface area contributed by atoms with E-state index >= 15 is 0 Å². The van der Waals surface area contributed by atoms with Crippen LogP contribution >= 0.6 is 11.3 Å². The Morgan fingerprint density at radius 3 is 2.33 bits per heavy atom. The Hall–Kier alpha value is -1.72. The Morgan fingerprint density at radius 2 is 1.83 bits per heavy atom. The highest BCUT2D eigenvalue weighted by atomic mass is 32.1. The van der Waals surface area contributed by atoms with Gasteiger partial charge in [0.15, 0.2) is 0 Å². The zero-order valence-corrected chi connectivity index (χ0v) is 11.5. The first kappa shape index (κ1) is 12.7. The molecular weight excluding hydrogens is 244 g/mol. The lowest BCUT2D eigenvalue weighted by atomic mass is 9.83. The van der Waals surface area contributed by atoms with Crippen LogP contribution in [0.4, 0.5) is 10.7 Å². The van der Waals surface area contributed by atoms with E-state index in [1.54, 1.807) is 0 Å². The normalized spacial score (nSPS) is 18.1. The minimum atomic E-state index is 0.338. The van der Waals surface area contributed by atoms with Gasteiger partial charge in [-0.25, -0.2) is 0 Å². The molecule has 1 aliphatic rings. The van der Waals surface area contributed by atoms with Crippen LogP contribution in [0.1, 0.15) is 37.1 Å². The summed E-state index contributed by atoms with van der Waals surface area (Å²) < 4.78 is 0. The van der Waals surface area contributed by atoms with Crippen molar-refractivity contribution in [2.45, 2.75) is 26.7 Å². The van der Waals surface area contributed by atoms with Crippen LogP contribution in [-0.4, -0.2) is 13.1 Å². The number of hydrogen-bond acceptors (Lipinski definition) is 5. The highest BCUT2D eigenvalue weighted by Gasteiger charge is 2.28. The predicted octanol–water partition coefficient (Wildman–Crippen LogP) is 2.70. The SMILES string of the molecule is CC1(C)CCN(c2sc(C#N)c(N)c2C#N)CC1. The van der Waals surface area contributed by atoms with E-state index in [0.717, 1.165) is 30.9 Å². The molecule has 1 fully saturated rings. The molecule has 0 aliphatic carbocycles. The van der Waals surface area contributed by atoms with Crippen LogP contribution in [0.2, 0.25) is 0 Å². The number of nitrogen functional groups attached to an aromatic ring is 1. The molecule has 5 heteroatoms. The molecule has 1 aliphatic heterocycles. The summed E-state index contributed by atoms with van der Waals surface area (Å²) in [4.78, 5) is 2.64. The van der Waals surface area contributed by atoms with Crippen LogP contribution in [0.25, 0.3) is 0 Å². The maximum atomic E-state index is 9.18. The largest absolute Gasteiger partial charge is 0.396 e. The highest BCUT2D eigenvalue weighted by molar-refractivity contribution is 7.17. The molecule has 0 aromatic carbocycles. The lowest BCUT2D eigenvalue weighted by Gasteiger charge is -2.37. The van der Waals surface area contributed by atoms with Crippen molar-refractivity contribution in [1.29, 1.82) is 10.5 Å². The minimum Gasteiger partial charge on any atom is -0.396 e. The molecule has 0 saturated carbocycles. The van der Waals surface area contributed by atoms with Crippen molar-refractivity contribution in [1.82, 2.24) is 0 Å². The molecule has 1 saturated heterocycles. The first-order valence-electron chi connectivity index (χ1n) is 5.96. The number of piperidine rings is 1. The molecule has 0 radical (unpaired) electrons. The van der Waals surface area contributed by atoms with Crippen LogP contribution < -0.4 is 10.6 Å². The van der Waals surface area contributed by atoms with Crippen LogP contribution in [0.3, 0.4) is 0 Å². The van der Waals surface area contributed by atoms with Crippen molar-refractivity contribution in [3.8, 4) is 12.1 Å². The highest BCUT2D eigenvalue weighted by Crippen LogP contribution is 2.40. The van der Waals surface area contributed by atoms with Crippen molar-refractivity contribution in [3.05, 3.63) is 10.4 Å². The zero-order valence-electron chi connectivity index (χ0n) is 10.7. The fourth-order valence-corrected chi connectivity index (χ4v) is 3.18. The summed E-state index contributed by atoms with van der Waals surface area (Å²) in [5.41, 5.74) is 7.00. The van der Waals surface area contributed by atoms with Gasteiger partial charge >= 0.3 is 0 Å². The van der Waals surface area contributed by atoms with E-state index in [9.17, 15) is 5.26 Å². The average Bonchev–Trinajstić information content (AvgIpc) is 2.65. The Kier molecular flexibility index (Phi) is 3.19. The summed E-state index contributed by atoms with van der Waals surface area (Å²) in [6.07, 6.45) is 2.19. The van der Waals surface area contributed by atoms with E-state index in [0.29, 0.717) is 21.5 Å². The lowest BCUT2D eigenvalue weighted by Crippen LogP contribution is -2.37. The number of rotatable bonds is 1. The van der Waals surface area contributed by atoms with Gasteiger partial charge < -0.3 is 10.6 Å². The summed E-state index contributed by atoms with van der Waals surface area (Å²) in [5, 5.41) is 19.0. The zero-order chi connectivity index (χ0) is 13.3. The molecule has 18 heavy (non-hydrogen) atoms. The van der Waals surface area contributed by atoms with Gasteiger partial charge in [0.25, 0.3) is 0 Å². The van der Waals surface area contributed by atoms with Gasteiger partial charge in [-0.1, -0.05) is 13.8 Å². The number of hydrogen-bond donors (Lipinski definition) is 1. The number of thiophene rings is 1. The maximum Gasteiger partial charge on any atom is 0.131 e. The lowest BCUT2D eigenvalue weighted by molar-refractivity contribution is 0.280. The maximum absolute atomic E-state index is 9.18. The molecule has 0 amide bonds. The second-order valence-corrected chi connectivity index (χ2v) is 6.40. The van der Waals surface area contributed by atoms with Gasteiger partial charge in [0.2, 0.25) is 0 Å². The molecule has 2 heterocycles. The third kappa shape index (κ3) is 2.14. The van der Waals surface area contributed by atoms with Crippen LogP contribution in [-0.2, 0) is 0 Å². The summed E-state index contributed by atoms with van der Waals surface area (Å²) in [6, 6.07) is 4.19. The Morgan fingerprint density at radius 1 is 1.22 bits per heavy atom. The number of nitriles is 2. The third-order valence-electron chi connectivity index (χ3n) is 3.54. The first-order valence-corrected chi connectivity index (χ1v) is 6.77. The number of nitrogens with zero attached hydrogens (tertiary/aromatic N) is 3. The smallest absolute Gasteiger partial charge is 0.131 e. The average molecular weight is 260 g/mol. The van der Waals surface area contributed by atoms with Gasteiger partial charge in [-0.05, 0) is 18.3 Å². The van der Waals surface area contributed by atoms with Crippen molar-refractivity contribution >= 4 is 22.0 Å². The van der Waals surface area contributed by atoms with Crippen LogP contribution in [0, 0.1) is 28.1 Å². The van der Waals surface area contributed by atoms with Gasteiger partial charge in [-0.15, -0.1) is 11.3 Å². The third-order valence-corrected chi connectivity index (χ3v) is 4.72. The van der Waals surface area contributed by atoms with Crippen LogP contribution in [0.15, 0.2) is 0 Å².